The second kappa shape index (κ2) is 4.31. The Morgan fingerprint density at radius 2 is 2.06 bits per heavy atom. The molecule has 0 aliphatic carbocycles. The van der Waals surface area contributed by atoms with Crippen molar-refractivity contribution in [1.82, 2.24) is 0 Å². The van der Waals surface area contributed by atoms with Crippen molar-refractivity contribution in [1.29, 1.82) is 0 Å². The van der Waals surface area contributed by atoms with E-state index in [1.165, 1.54) is 6.07 Å². The minimum absolute atomic E-state index is 0.0470. The molecule has 0 amide bonds. The van der Waals surface area contributed by atoms with Gasteiger partial charge in [0.1, 0.15) is 11.8 Å². The van der Waals surface area contributed by atoms with Crippen molar-refractivity contribution in [2.45, 2.75) is 25.3 Å². The van der Waals surface area contributed by atoms with E-state index in [1.807, 2.05) is 0 Å². The predicted octanol–water partition coefficient (Wildman–Crippen LogP) is 1.74. The van der Waals surface area contributed by atoms with Gasteiger partial charge < -0.3 is 15.9 Å². The molecule has 0 aliphatic heterocycles. The molecule has 1 aromatic rings. The Morgan fingerprint density at radius 3 is 2.50 bits per heavy atom. The van der Waals surface area contributed by atoms with Crippen LogP contribution in [0.1, 0.15) is 19.4 Å². The molecule has 0 saturated carbocycles. The van der Waals surface area contributed by atoms with Crippen LogP contribution in [0.4, 0.5) is 0 Å². The van der Waals surface area contributed by atoms with E-state index in [0.717, 1.165) is 0 Å². The lowest BCUT2D eigenvalue weighted by atomic mass is 9.77. The first-order valence-corrected chi connectivity index (χ1v) is 5.12. The van der Waals surface area contributed by atoms with Gasteiger partial charge in [0, 0.05) is 16.0 Å². The number of phenols is 1. The van der Waals surface area contributed by atoms with Crippen molar-refractivity contribution in [3.8, 4) is 5.75 Å². The molecule has 0 aromatic heterocycles. The minimum atomic E-state index is -1.14. The van der Waals surface area contributed by atoms with Gasteiger partial charge in [-0.05, 0) is 12.1 Å². The van der Waals surface area contributed by atoms with Crippen molar-refractivity contribution in [3.05, 3.63) is 28.8 Å². The molecule has 88 valence electrons. The summed E-state index contributed by atoms with van der Waals surface area (Å²) in [6, 6.07) is 3.49. The Balaban J connectivity index is 3.31. The zero-order valence-electron chi connectivity index (χ0n) is 9.07. The van der Waals surface area contributed by atoms with E-state index in [9.17, 15) is 9.90 Å². The van der Waals surface area contributed by atoms with Crippen LogP contribution < -0.4 is 5.73 Å². The van der Waals surface area contributed by atoms with E-state index in [0.29, 0.717) is 10.6 Å². The number of hydrogen-bond donors (Lipinski definition) is 3. The molecule has 0 spiro atoms. The monoisotopic (exact) mass is 243 g/mol. The molecule has 0 saturated heterocycles. The number of rotatable bonds is 3. The van der Waals surface area contributed by atoms with Gasteiger partial charge in [-0.3, -0.25) is 4.79 Å². The maximum absolute atomic E-state index is 10.9. The Morgan fingerprint density at radius 1 is 1.50 bits per heavy atom. The SMILES string of the molecule is CC(C)(c1c(O)cccc1Cl)C(N)C(=O)O. The summed E-state index contributed by atoms with van der Waals surface area (Å²) < 4.78 is 0. The summed E-state index contributed by atoms with van der Waals surface area (Å²) in [6.45, 7) is 3.26. The summed E-state index contributed by atoms with van der Waals surface area (Å²) >= 11 is 5.95. The maximum atomic E-state index is 10.9. The molecular formula is C11H14ClNO3. The summed E-state index contributed by atoms with van der Waals surface area (Å²) in [5, 5.41) is 18.9. The summed E-state index contributed by atoms with van der Waals surface area (Å²) in [5.74, 6) is -1.18. The van der Waals surface area contributed by atoms with Gasteiger partial charge in [-0.1, -0.05) is 31.5 Å². The fourth-order valence-electron chi connectivity index (χ4n) is 1.61. The molecular weight excluding hydrogens is 230 g/mol. The molecule has 4 N–H and O–H groups in total. The lowest BCUT2D eigenvalue weighted by Gasteiger charge is -2.30. The fraction of sp³-hybridized carbons (Fsp3) is 0.364. The lowest BCUT2D eigenvalue weighted by Crippen LogP contribution is -2.47. The molecule has 1 aromatic carbocycles. The fourth-order valence-corrected chi connectivity index (χ4v) is 2.03. The first-order chi connectivity index (χ1) is 7.28. The molecule has 0 bridgehead atoms. The van der Waals surface area contributed by atoms with Crippen molar-refractivity contribution < 1.29 is 15.0 Å². The van der Waals surface area contributed by atoms with Crippen LogP contribution in [0.3, 0.4) is 0 Å². The van der Waals surface area contributed by atoms with Crippen LogP contribution in [-0.4, -0.2) is 22.2 Å². The first kappa shape index (κ1) is 12.8. The molecule has 0 heterocycles. The Kier molecular flexibility index (Phi) is 3.45. The van der Waals surface area contributed by atoms with Crippen LogP contribution in [0, 0.1) is 0 Å². The Labute approximate surface area is 98.6 Å². The van der Waals surface area contributed by atoms with Crippen LogP contribution >= 0.6 is 11.6 Å². The highest BCUT2D eigenvalue weighted by Crippen LogP contribution is 2.38. The van der Waals surface area contributed by atoms with Crippen molar-refractivity contribution in [2.75, 3.05) is 0 Å². The number of phenolic OH excluding ortho intramolecular Hbond substituents is 1. The molecule has 1 atom stereocenters. The number of carboxylic acids is 1. The second-order valence-corrected chi connectivity index (χ2v) is 4.58. The number of benzene rings is 1. The van der Waals surface area contributed by atoms with E-state index in [1.54, 1.807) is 26.0 Å². The van der Waals surface area contributed by atoms with E-state index in [-0.39, 0.29) is 5.75 Å². The van der Waals surface area contributed by atoms with Crippen LogP contribution in [0.5, 0.6) is 5.75 Å². The number of hydrogen-bond acceptors (Lipinski definition) is 3. The number of nitrogens with two attached hydrogens (primary N) is 1. The summed E-state index contributed by atoms with van der Waals surface area (Å²) in [5.41, 5.74) is 5.00. The van der Waals surface area contributed by atoms with Gasteiger partial charge >= 0.3 is 5.97 Å². The van der Waals surface area contributed by atoms with Gasteiger partial charge in [0.25, 0.3) is 0 Å². The number of aromatic hydroxyl groups is 1. The maximum Gasteiger partial charge on any atom is 0.321 e. The zero-order chi connectivity index (χ0) is 12.5. The quantitative estimate of drug-likeness (QED) is 0.755. The number of carboxylic acid groups (broad SMARTS) is 1. The van der Waals surface area contributed by atoms with Crippen LogP contribution in [-0.2, 0) is 10.2 Å². The van der Waals surface area contributed by atoms with E-state index < -0.39 is 17.4 Å². The topological polar surface area (TPSA) is 83.5 Å². The summed E-state index contributed by atoms with van der Waals surface area (Å²) in [7, 11) is 0. The zero-order valence-corrected chi connectivity index (χ0v) is 9.82. The molecule has 16 heavy (non-hydrogen) atoms. The largest absolute Gasteiger partial charge is 0.508 e. The molecule has 4 nitrogen and oxygen atoms in total. The third kappa shape index (κ3) is 2.13. The van der Waals surface area contributed by atoms with Gasteiger partial charge in [0.15, 0.2) is 0 Å². The average Bonchev–Trinajstić information content (AvgIpc) is 2.15. The third-order valence-electron chi connectivity index (χ3n) is 2.68. The standard InChI is InChI=1S/C11H14ClNO3/c1-11(2,9(13)10(15)16)8-6(12)4-3-5-7(8)14/h3-5,9,14H,13H2,1-2H3,(H,15,16). The smallest absolute Gasteiger partial charge is 0.321 e. The van der Waals surface area contributed by atoms with Crippen molar-refractivity contribution >= 4 is 17.6 Å². The van der Waals surface area contributed by atoms with Crippen molar-refractivity contribution in [3.63, 3.8) is 0 Å². The van der Waals surface area contributed by atoms with E-state index >= 15 is 0 Å². The number of carbonyl (C=O) groups is 1. The first-order valence-electron chi connectivity index (χ1n) is 4.75. The highest BCUT2D eigenvalue weighted by molar-refractivity contribution is 6.31. The Bertz CT molecular complexity index is 397. The highest BCUT2D eigenvalue weighted by atomic mass is 35.5. The van der Waals surface area contributed by atoms with Gasteiger partial charge in [-0.25, -0.2) is 0 Å². The summed E-state index contributed by atoms with van der Waals surface area (Å²) in [4.78, 5) is 10.9. The van der Waals surface area contributed by atoms with Crippen LogP contribution in [0.2, 0.25) is 5.02 Å². The Hall–Kier alpha value is -1.26. The van der Waals surface area contributed by atoms with Gasteiger partial charge in [0.05, 0.1) is 0 Å². The highest BCUT2D eigenvalue weighted by Gasteiger charge is 2.37. The van der Waals surface area contributed by atoms with Gasteiger partial charge in [-0.15, -0.1) is 0 Å². The normalized spacial score (nSPS) is 13.5. The minimum Gasteiger partial charge on any atom is -0.508 e. The van der Waals surface area contributed by atoms with Gasteiger partial charge in [0.2, 0.25) is 0 Å². The number of aliphatic carboxylic acids is 1. The van der Waals surface area contributed by atoms with Crippen LogP contribution in [0.15, 0.2) is 18.2 Å². The molecule has 1 rings (SSSR count). The number of halogens is 1. The van der Waals surface area contributed by atoms with Crippen molar-refractivity contribution in [2.24, 2.45) is 5.73 Å². The average molecular weight is 244 g/mol. The third-order valence-corrected chi connectivity index (χ3v) is 2.99. The van der Waals surface area contributed by atoms with E-state index in [4.69, 9.17) is 22.4 Å². The molecule has 0 radical (unpaired) electrons. The predicted molar refractivity (Wildman–Crippen MR) is 61.8 cm³/mol. The van der Waals surface area contributed by atoms with Gasteiger partial charge in [-0.2, -0.15) is 0 Å². The van der Waals surface area contributed by atoms with E-state index in [2.05, 4.69) is 0 Å². The lowest BCUT2D eigenvalue weighted by molar-refractivity contribution is -0.140. The van der Waals surface area contributed by atoms with Crippen LogP contribution in [0.25, 0.3) is 0 Å². The summed E-state index contributed by atoms with van der Waals surface area (Å²) in [6.07, 6.45) is 0. The molecule has 0 aliphatic rings. The molecule has 1 unspecified atom stereocenters. The second-order valence-electron chi connectivity index (χ2n) is 4.17. The molecule has 5 heteroatoms. The molecule has 0 fully saturated rings.